The van der Waals surface area contributed by atoms with Crippen LogP contribution in [0.4, 0.5) is 11.5 Å². The van der Waals surface area contributed by atoms with Gasteiger partial charge in [0.15, 0.2) is 11.6 Å². The van der Waals surface area contributed by atoms with Crippen molar-refractivity contribution in [2.75, 3.05) is 24.7 Å². The Morgan fingerprint density at radius 1 is 0.980 bits per heavy atom. The largest absolute Gasteiger partial charge is 0.454 e. The van der Waals surface area contributed by atoms with E-state index in [4.69, 9.17) is 16.3 Å². The predicted octanol–water partition coefficient (Wildman–Crippen LogP) is 7.17. The van der Waals surface area contributed by atoms with Crippen LogP contribution in [0.5, 0.6) is 5.75 Å². The van der Waals surface area contributed by atoms with Crippen molar-refractivity contribution in [2.45, 2.75) is 44.7 Å². The van der Waals surface area contributed by atoms with E-state index < -0.39 is 15.6 Å². The number of ether oxygens (including phenoxy) is 1. The molecule has 0 saturated carbocycles. The van der Waals surface area contributed by atoms with Gasteiger partial charge < -0.3 is 24.0 Å². The zero-order chi connectivity index (χ0) is 35.3. The molecule has 13 heteroatoms. The van der Waals surface area contributed by atoms with Gasteiger partial charge in [-0.1, -0.05) is 82.9 Å². The molecule has 0 fully saturated rings. The highest BCUT2D eigenvalue weighted by molar-refractivity contribution is 8.12. The Bertz CT molecular complexity index is 2120. The minimum absolute atomic E-state index is 0.212. The molecule has 3 heterocycles. The molecule has 1 aliphatic rings. The molecular formula is C37H41ClN6O4S2. The van der Waals surface area contributed by atoms with Crippen LogP contribution in [0.1, 0.15) is 31.4 Å². The molecule has 2 aromatic heterocycles. The van der Waals surface area contributed by atoms with E-state index in [2.05, 4.69) is 79.7 Å². The van der Waals surface area contributed by atoms with Gasteiger partial charge in [0.1, 0.15) is 17.6 Å². The Labute approximate surface area is 301 Å². The van der Waals surface area contributed by atoms with Crippen LogP contribution in [0, 0.1) is 0 Å². The van der Waals surface area contributed by atoms with Crippen LogP contribution in [0.3, 0.4) is 0 Å². The Balaban J connectivity index is 1.18. The summed E-state index contributed by atoms with van der Waals surface area (Å²) in [6.45, 7) is 4.91. The summed E-state index contributed by atoms with van der Waals surface area (Å²) in [6.07, 6.45) is 6.91. The molecule has 1 aliphatic heterocycles. The topological polar surface area (TPSA) is 113 Å². The van der Waals surface area contributed by atoms with Gasteiger partial charge in [0.2, 0.25) is 10.0 Å². The van der Waals surface area contributed by atoms with E-state index in [1.165, 1.54) is 28.0 Å². The van der Waals surface area contributed by atoms with E-state index in [-0.39, 0.29) is 23.8 Å². The lowest BCUT2D eigenvalue weighted by Gasteiger charge is -2.24. The summed E-state index contributed by atoms with van der Waals surface area (Å²) in [4.78, 5) is 8.91. The molecule has 3 aromatic carbocycles. The highest BCUT2D eigenvalue weighted by Crippen LogP contribution is 2.36. The standard InChI is InChI=1S/C37H41ClN6O4S2/c1-37(2,45)17-19-44(50(3,46)47)21-20-42-18-16-33-35(42)36(40-27-39-33)41-30-14-15-34(32(38)22-30)48-31-24-43(23-28-10-6-4-7-11-28)49(26-31)25-29-12-8-5-9-13-29/h4-16,18,22,24,26-27,45H,17,19-21,23,25H2,1-3H3,(H,39,40,41). The van der Waals surface area contributed by atoms with Crippen LogP contribution in [0.2, 0.25) is 5.02 Å². The molecule has 2 N–H and O–H groups in total. The summed E-state index contributed by atoms with van der Waals surface area (Å²) in [5.74, 6) is 2.70. The molecule has 1 atom stereocenters. The first-order chi connectivity index (χ1) is 23.9. The monoisotopic (exact) mass is 732 g/mol. The molecule has 10 nitrogen and oxygen atoms in total. The number of rotatable bonds is 15. The second-order valence-electron chi connectivity index (χ2n) is 12.8. The van der Waals surface area contributed by atoms with Crippen LogP contribution in [0.25, 0.3) is 11.0 Å². The first-order valence-corrected chi connectivity index (χ1v) is 19.9. The minimum atomic E-state index is -3.48. The fourth-order valence-electron chi connectivity index (χ4n) is 5.55. The molecule has 0 saturated heterocycles. The van der Waals surface area contributed by atoms with Gasteiger partial charge in [-0.05, 0) is 55.7 Å². The number of benzene rings is 3. The van der Waals surface area contributed by atoms with Gasteiger partial charge in [-0.15, -0.1) is 0 Å². The molecule has 0 amide bonds. The number of aliphatic hydroxyl groups is 1. The summed E-state index contributed by atoms with van der Waals surface area (Å²) in [6, 6.07) is 28.2. The molecule has 0 radical (unpaired) electrons. The third-order valence-electron chi connectivity index (χ3n) is 8.17. The highest BCUT2D eigenvalue weighted by Gasteiger charge is 2.22. The molecule has 0 aliphatic carbocycles. The van der Waals surface area contributed by atoms with Crippen LogP contribution in [-0.4, -0.2) is 67.0 Å². The summed E-state index contributed by atoms with van der Waals surface area (Å²) < 4.78 is 37.0. The first-order valence-electron chi connectivity index (χ1n) is 16.2. The summed E-state index contributed by atoms with van der Waals surface area (Å²) in [5, 5.41) is 16.1. The number of nitrogens with zero attached hydrogens (tertiary/aromatic N) is 5. The van der Waals surface area contributed by atoms with Crippen LogP contribution >= 0.6 is 22.3 Å². The summed E-state index contributed by atoms with van der Waals surface area (Å²) in [5.41, 5.74) is 3.66. The third kappa shape index (κ3) is 9.32. The zero-order valence-corrected chi connectivity index (χ0v) is 30.6. The van der Waals surface area contributed by atoms with Gasteiger partial charge in [-0.25, -0.2) is 22.7 Å². The molecule has 50 heavy (non-hydrogen) atoms. The van der Waals surface area contributed by atoms with E-state index >= 15 is 0 Å². The number of fused-ring (bicyclic) bond motifs is 1. The lowest BCUT2D eigenvalue weighted by Crippen LogP contribution is -2.37. The van der Waals surface area contributed by atoms with E-state index in [0.717, 1.165) is 23.6 Å². The van der Waals surface area contributed by atoms with Gasteiger partial charge in [0, 0.05) is 42.6 Å². The Morgan fingerprint density at radius 2 is 1.70 bits per heavy atom. The Hall–Kier alpha value is -4.20. The fraction of sp³-hybridized carbons (Fsp3) is 0.270. The predicted molar refractivity (Wildman–Crippen MR) is 204 cm³/mol. The summed E-state index contributed by atoms with van der Waals surface area (Å²) >= 11 is 6.79. The average molecular weight is 733 g/mol. The number of sulfonamides is 1. The number of nitrogens with one attached hydrogen (secondary N) is 1. The van der Waals surface area contributed by atoms with E-state index in [1.54, 1.807) is 19.9 Å². The van der Waals surface area contributed by atoms with Crippen LogP contribution < -0.4 is 10.1 Å². The maximum absolute atomic E-state index is 12.5. The van der Waals surface area contributed by atoms with Crippen LogP contribution in [0.15, 0.2) is 109 Å². The molecule has 5 aromatic rings. The number of hydrogen-bond acceptors (Lipinski definition) is 8. The molecule has 1 unspecified atom stereocenters. The lowest BCUT2D eigenvalue weighted by atomic mass is 10.1. The van der Waals surface area contributed by atoms with E-state index in [9.17, 15) is 13.5 Å². The van der Waals surface area contributed by atoms with Gasteiger partial charge in [-0.3, -0.25) is 0 Å². The van der Waals surface area contributed by atoms with Crippen molar-refractivity contribution in [3.63, 3.8) is 0 Å². The van der Waals surface area contributed by atoms with Crippen molar-refractivity contribution in [2.24, 2.45) is 0 Å². The number of aromatic nitrogens is 3. The molecule has 262 valence electrons. The normalized spacial score (nSPS) is 15.0. The van der Waals surface area contributed by atoms with Crippen molar-refractivity contribution >= 4 is 60.2 Å². The van der Waals surface area contributed by atoms with Gasteiger partial charge in [-0.2, -0.15) is 0 Å². The number of hydrogen-bond donors (Lipinski definition) is 2. The number of anilines is 2. The highest BCUT2D eigenvalue weighted by atomic mass is 35.5. The minimum Gasteiger partial charge on any atom is -0.454 e. The second kappa shape index (κ2) is 15.4. The molecule has 0 spiro atoms. The fourth-order valence-corrected chi connectivity index (χ4v) is 8.46. The van der Waals surface area contributed by atoms with Gasteiger partial charge >= 0.3 is 0 Å². The van der Waals surface area contributed by atoms with Crippen molar-refractivity contribution in [3.05, 3.63) is 126 Å². The quantitative estimate of drug-likeness (QED) is 0.109. The SMILES string of the molecule is CC(C)(O)CCN(CCn1ccc2ncnc(Nc3ccc(OC4=CN(Cc5ccccc5)S(Cc5ccccc5)=C4)c(Cl)c3)c21)S(C)(=O)=O. The second-order valence-corrected chi connectivity index (χ2v) is 17.0. The number of halogens is 1. The molecular weight excluding hydrogens is 692 g/mol. The van der Waals surface area contributed by atoms with Crippen molar-refractivity contribution < 1.29 is 18.3 Å². The van der Waals surface area contributed by atoms with Gasteiger partial charge in [0.05, 0.1) is 35.1 Å². The van der Waals surface area contributed by atoms with Crippen molar-refractivity contribution in [3.8, 4) is 5.75 Å². The first kappa shape index (κ1) is 35.6. The smallest absolute Gasteiger partial charge is 0.211 e. The third-order valence-corrected chi connectivity index (χ3v) is 11.7. The number of allylic oxidation sites excluding steroid dienone is 1. The van der Waals surface area contributed by atoms with Crippen molar-refractivity contribution in [1.29, 1.82) is 0 Å². The van der Waals surface area contributed by atoms with Crippen LogP contribution in [-0.2, 0) is 28.9 Å². The van der Waals surface area contributed by atoms with E-state index in [0.29, 0.717) is 40.8 Å². The Morgan fingerprint density at radius 3 is 2.38 bits per heavy atom. The Kier molecular flexibility index (Phi) is 10.9. The van der Waals surface area contributed by atoms with Crippen molar-refractivity contribution in [1.82, 2.24) is 23.1 Å². The van der Waals surface area contributed by atoms with E-state index in [1.807, 2.05) is 41.1 Å². The maximum Gasteiger partial charge on any atom is 0.211 e. The molecule has 0 bridgehead atoms. The average Bonchev–Trinajstić information content (AvgIpc) is 3.66. The lowest BCUT2D eigenvalue weighted by molar-refractivity contribution is 0.0655. The summed E-state index contributed by atoms with van der Waals surface area (Å²) in [7, 11) is -3.69. The molecule has 6 rings (SSSR count). The maximum atomic E-state index is 12.5. The van der Waals surface area contributed by atoms with Gasteiger partial charge in [0.25, 0.3) is 0 Å². The zero-order valence-electron chi connectivity index (χ0n) is 28.2.